The molecule has 0 unspecified atom stereocenters. The van der Waals surface area contributed by atoms with Gasteiger partial charge in [-0.25, -0.2) is 0 Å². The fourth-order valence-corrected chi connectivity index (χ4v) is 2.34. The molecule has 1 amide bonds. The molecule has 4 nitrogen and oxygen atoms in total. The van der Waals surface area contributed by atoms with E-state index in [1.807, 2.05) is 27.7 Å². The van der Waals surface area contributed by atoms with E-state index in [2.05, 4.69) is 24.1 Å². The van der Waals surface area contributed by atoms with Crippen LogP contribution in [0, 0.1) is 19.8 Å². The van der Waals surface area contributed by atoms with Crippen LogP contribution in [0.3, 0.4) is 0 Å². The van der Waals surface area contributed by atoms with E-state index in [1.165, 1.54) is 0 Å². The third-order valence-corrected chi connectivity index (χ3v) is 3.11. The molecule has 1 aromatic rings. The van der Waals surface area contributed by atoms with E-state index in [9.17, 15) is 9.59 Å². The molecule has 0 aliphatic rings. The first-order chi connectivity index (χ1) is 8.62. The number of hydrogen-bond acceptors (Lipinski definition) is 2. The summed E-state index contributed by atoms with van der Waals surface area (Å²) in [5.74, 6) is 0.170. The Hall–Kier alpha value is -1.58. The van der Waals surface area contributed by atoms with Crippen LogP contribution < -0.4 is 10.9 Å². The summed E-state index contributed by atoms with van der Waals surface area (Å²) in [6.07, 6.45) is 0.863. The number of hydrogen-bond donors (Lipinski definition) is 2. The highest BCUT2D eigenvalue weighted by Gasteiger charge is 2.23. The van der Waals surface area contributed by atoms with Crippen molar-refractivity contribution in [3.8, 4) is 0 Å². The Bertz CT molecular complexity index is 527. The lowest BCUT2D eigenvalue weighted by Crippen LogP contribution is -2.45. The van der Waals surface area contributed by atoms with Gasteiger partial charge in [0.25, 0.3) is 11.5 Å². The van der Waals surface area contributed by atoms with E-state index in [4.69, 9.17) is 0 Å². The van der Waals surface area contributed by atoms with Gasteiger partial charge in [-0.3, -0.25) is 9.59 Å². The summed E-state index contributed by atoms with van der Waals surface area (Å²) in [6, 6.07) is 1.65. The van der Waals surface area contributed by atoms with Gasteiger partial charge in [-0.15, -0.1) is 0 Å². The fraction of sp³-hybridized carbons (Fsp3) is 0.600. The zero-order valence-electron chi connectivity index (χ0n) is 12.7. The van der Waals surface area contributed by atoms with Crippen LogP contribution in [-0.2, 0) is 0 Å². The second-order valence-corrected chi connectivity index (χ2v) is 6.26. The summed E-state index contributed by atoms with van der Waals surface area (Å²) >= 11 is 0. The van der Waals surface area contributed by atoms with E-state index >= 15 is 0 Å². The molecule has 4 heteroatoms. The van der Waals surface area contributed by atoms with Gasteiger partial charge < -0.3 is 10.3 Å². The molecular formula is C15H24N2O2. The Morgan fingerprint density at radius 1 is 1.37 bits per heavy atom. The van der Waals surface area contributed by atoms with Crippen molar-refractivity contribution in [1.82, 2.24) is 10.3 Å². The number of aryl methyl sites for hydroxylation is 2. The van der Waals surface area contributed by atoms with Gasteiger partial charge in [-0.05, 0) is 51.7 Å². The van der Waals surface area contributed by atoms with Gasteiger partial charge in [0.1, 0.15) is 5.56 Å². The molecule has 1 rings (SSSR count). The first kappa shape index (κ1) is 15.5. The van der Waals surface area contributed by atoms with Crippen molar-refractivity contribution >= 4 is 5.91 Å². The molecule has 2 N–H and O–H groups in total. The first-order valence-corrected chi connectivity index (χ1v) is 6.65. The molecule has 0 aliphatic heterocycles. The van der Waals surface area contributed by atoms with Gasteiger partial charge >= 0.3 is 0 Å². The summed E-state index contributed by atoms with van der Waals surface area (Å²) in [5.41, 5.74) is 1.23. The second-order valence-electron chi connectivity index (χ2n) is 6.26. The summed E-state index contributed by atoms with van der Waals surface area (Å²) < 4.78 is 0. The number of rotatable bonds is 4. The van der Waals surface area contributed by atoms with E-state index < -0.39 is 0 Å². The van der Waals surface area contributed by atoms with Crippen molar-refractivity contribution in [2.24, 2.45) is 5.92 Å². The fourth-order valence-electron chi connectivity index (χ4n) is 2.34. The number of carbonyl (C=O) groups excluding carboxylic acids is 1. The van der Waals surface area contributed by atoms with Crippen LogP contribution in [0.1, 0.15) is 55.7 Å². The van der Waals surface area contributed by atoms with Gasteiger partial charge in [-0.2, -0.15) is 0 Å². The lowest BCUT2D eigenvalue weighted by molar-refractivity contribution is 0.0902. The number of nitrogens with one attached hydrogen (secondary N) is 2. The monoisotopic (exact) mass is 264 g/mol. The predicted molar refractivity (Wildman–Crippen MR) is 77.5 cm³/mol. The standard InChI is InChI=1S/C15H24N2O2/c1-9(2)8-15(5,6)17-14(19)12-7-10(3)11(4)16-13(12)18/h7,9H,8H2,1-6H3,(H,16,18)(H,17,19). The second kappa shape index (κ2) is 5.59. The van der Waals surface area contributed by atoms with Gasteiger partial charge in [0.05, 0.1) is 0 Å². The van der Waals surface area contributed by atoms with Crippen LogP contribution in [0.4, 0.5) is 0 Å². The highest BCUT2D eigenvalue weighted by Crippen LogP contribution is 2.16. The molecule has 0 atom stereocenters. The lowest BCUT2D eigenvalue weighted by atomic mass is 9.92. The maximum atomic E-state index is 12.2. The number of carbonyl (C=O) groups is 1. The Balaban J connectivity index is 2.96. The molecule has 0 fully saturated rings. The quantitative estimate of drug-likeness (QED) is 0.878. The maximum absolute atomic E-state index is 12.2. The molecule has 0 saturated carbocycles. The first-order valence-electron chi connectivity index (χ1n) is 6.65. The molecule has 0 aromatic carbocycles. The number of pyridine rings is 1. The molecule has 0 spiro atoms. The molecular weight excluding hydrogens is 240 g/mol. The van der Waals surface area contributed by atoms with Gasteiger partial charge in [0.2, 0.25) is 0 Å². The minimum atomic E-state index is -0.332. The Kier molecular flexibility index (Phi) is 4.56. The third-order valence-electron chi connectivity index (χ3n) is 3.11. The Labute approximate surface area is 114 Å². The average molecular weight is 264 g/mol. The molecule has 19 heavy (non-hydrogen) atoms. The van der Waals surface area contributed by atoms with E-state index in [-0.39, 0.29) is 22.6 Å². The predicted octanol–water partition coefficient (Wildman–Crippen LogP) is 2.55. The molecule has 0 bridgehead atoms. The minimum Gasteiger partial charge on any atom is -0.347 e. The van der Waals surface area contributed by atoms with E-state index in [0.717, 1.165) is 17.7 Å². The largest absolute Gasteiger partial charge is 0.347 e. The molecule has 0 radical (unpaired) electrons. The zero-order chi connectivity index (χ0) is 14.8. The van der Waals surface area contributed by atoms with Crippen LogP contribution in [0.2, 0.25) is 0 Å². The zero-order valence-corrected chi connectivity index (χ0v) is 12.7. The molecule has 1 heterocycles. The van der Waals surface area contributed by atoms with E-state index in [0.29, 0.717) is 5.92 Å². The van der Waals surface area contributed by atoms with Crippen molar-refractivity contribution in [1.29, 1.82) is 0 Å². The molecule has 0 aliphatic carbocycles. The summed E-state index contributed by atoms with van der Waals surface area (Å²) in [5, 5.41) is 2.93. The Morgan fingerprint density at radius 3 is 2.47 bits per heavy atom. The normalized spacial score (nSPS) is 11.7. The topological polar surface area (TPSA) is 62.0 Å². The smallest absolute Gasteiger partial charge is 0.261 e. The van der Waals surface area contributed by atoms with E-state index in [1.54, 1.807) is 6.07 Å². The number of aromatic amines is 1. The van der Waals surface area contributed by atoms with Crippen LogP contribution in [0.5, 0.6) is 0 Å². The van der Waals surface area contributed by atoms with Crippen molar-refractivity contribution in [2.75, 3.05) is 0 Å². The molecule has 106 valence electrons. The summed E-state index contributed by atoms with van der Waals surface area (Å²) in [6.45, 7) is 11.9. The van der Waals surface area contributed by atoms with Crippen molar-refractivity contribution in [3.05, 3.63) is 33.2 Å². The third kappa shape index (κ3) is 4.23. The van der Waals surface area contributed by atoms with Crippen molar-refractivity contribution in [2.45, 2.75) is 53.5 Å². The molecule has 1 aromatic heterocycles. The summed E-state index contributed by atoms with van der Waals surface area (Å²) in [4.78, 5) is 26.7. The van der Waals surface area contributed by atoms with Gasteiger partial charge in [-0.1, -0.05) is 13.8 Å². The number of aromatic nitrogens is 1. The minimum absolute atomic E-state index is 0.180. The maximum Gasteiger partial charge on any atom is 0.261 e. The number of amides is 1. The Morgan fingerprint density at radius 2 is 1.95 bits per heavy atom. The van der Waals surface area contributed by atoms with Crippen LogP contribution in [0.15, 0.2) is 10.9 Å². The van der Waals surface area contributed by atoms with Crippen LogP contribution in [-0.4, -0.2) is 16.4 Å². The number of H-pyrrole nitrogens is 1. The van der Waals surface area contributed by atoms with Gasteiger partial charge in [0, 0.05) is 11.2 Å². The van der Waals surface area contributed by atoms with Crippen molar-refractivity contribution in [3.63, 3.8) is 0 Å². The SMILES string of the molecule is Cc1cc(C(=O)NC(C)(C)CC(C)C)c(=O)[nH]c1C. The average Bonchev–Trinajstić information content (AvgIpc) is 2.20. The highest BCUT2D eigenvalue weighted by atomic mass is 16.2. The lowest BCUT2D eigenvalue weighted by Gasteiger charge is -2.28. The van der Waals surface area contributed by atoms with Gasteiger partial charge in [0.15, 0.2) is 0 Å². The van der Waals surface area contributed by atoms with Crippen molar-refractivity contribution < 1.29 is 4.79 Å². The van der Waals surface area contributed by atoms with Crippen LogP contribution in [0.25, 0.3) is 0 Å². The highest BCUT2D eigenvalue weighted by molar-refractivity contribution is 5.94. The van der Waals surface area contributed by atoms with Crippen LogP contribution >= 0.6 is 0 Å². The molecule has 0 saturated heterocycles. The summed E-state index contributed by atoms with van der Waals surface area (Å²) in [7, 11) is 0.